The zero-order valence-electron chi connectivity index (χ0n) is 6.15. The predicted octanol–water partition coefficient (Wildman–Crippen LogP) is 1.03. The fraction of sp³-hybridized carbons (Fsp3) is 0.857. The molecule has 1 aliphatic rings. The van der Waals surface area contributed by atoms with Crippen molar-refractivity contribution in [2.75, 3.05) is 13.1 Å². The van der Waals surface area contributed by atoms with Crippen LogP contribution in [0, 0.1) is 5.41 Å². The van der Waals surface area contributed by atoms with Gasteiger partial charge < -0.3 is 5.32 Å². The molecule has 1 rings (SSSR count). The lowest BCUT2D eigenvalue weighted by molar-refractivity contribution is 0.313. The van der Waals surface area contributed by atoms with E-state index in [9.17, 15) is 0 Å². The third-order valence-corrected chi connectivity index (χ3v) is 2.04. The second-order valence-electron chi connectivity index (χ2n) is 3.01. The van der Waals surface area contributed by atoms with Gasteiger partial charge in [0.15, 0.2) is 0 Å². The number of nitrogens with one attached hydrogen (secondary N) is 1. The maximum absolute atomic E-state index is 4.16. The van der Waals surface area contributed by atoms with E-state index in [2.05, 4.69) is 24.2 Å². The van der Waals surface area contributed by atoms with Gasteiger partial charge in [0.2, 0.25) is 0 Å². The van der Waals surface area contributed by atoms with Gasteiger partial charge in [0.05, 0.1) is 6.34 Å². The lowest BCUT2D eigenvalue weighted by Crippen LogP contribution is -2.37. The molecule has 1 heterocycles. The van der Waals surface area contributed by atoms with Crippen molar-refractivity contribution in [3.63, 3.8) is 0 Å². The molecule has 1 unspecified atom stereocenters. The Morgan fingerprint density at radius 2 is 2.56 bits per heavy atom. The first-order chi connectivity index (χ1) is 4.27. The van der Waals surface area contributed by atoms with Crippen molar-refractivity contribution >= 4 is 6.34 Å². The zero-order chi connectivity index (χ0) is 6.74. The smallest absolute Gasteiger partial charge is 0.0824 e. The molecule has 0 aromatic carbocycles. The van der Waals surface area contributed by atoms with Crippen molar-refractivity contribution < 1.29 is 0 Å². The summed E-state index contributed by atoms with van der Waals surface area (Å²) in [7, 11) is 0. The van der Waals surface area contributed by atoms with E-state index in [-0.39, 0.29) is 0 Å². The third kappa shape index (κ3) is 1.44. The van der Waals surface area contributed by atoms with Crippen LogP contribution >= 0.6 is 0 Å². The van der Waals surface area contributed by atoms with Crippen molar-refractivity contribution in [2.24, 2.45) is 10.4 Å². The molecule has 52 valence electrons. The van der Waals surface area contributed by atoms with Crippen LogP contribution in [0.25, 0.3) is 0 Å². The van der Waals surface area contributed by atoms with Crippen LogP contribution in [0.2, 0.25) is 0 Å². The molecule has 1 atom stereocenters. The van der Waals surface area contributed by atoms with E-state index in [4.69, 9.17) is 0 Å². The molecule has 2 nitrogen and oxygen atoms in total. The molecule has 0 aromatic rings. The number of nitrogens with zero attached hydrogens (tertiary/aromatic N) is 1. The highest BCUT2D eigenvalue weighted by Gasteiger charge is 2.22. The number of aliphatic imine (C=N–C) groups is 1. The number of hydrogen-bond acceptors (Lipinski definition) is 2. The first-order valence-corrected chi connectivity index (χ1v) is 3.48. The molecular weight excluding hydrogens is 112 g/mol. The summed E-state index contributed by atoms with van der Waals surface area (Å²) in [6.07, 6.45) is 3.01. The highest BCUT2D eigenvalue weighted by Crippen LogP contribution is 2.21. The van der Waals surface area contributed by atoms with Gasteiger partial charge in [-0.15, -0.1) is 0 Å². The molecule has 0 spiro atoms. The summed E-state index contributed by atoms with van der Waals surface area (Å²) in [6, 6.07) is 0. The fourth-order valence-electron chi connectivity index (χ4n) is 0.915. The van der Waals surface area contributed by atoms with Gasteiger partial charge in [-0.3, -0.25) is 4.99 Å². The first kappa shape index (κ1) is 6.59. The van der Waals surface area contributed by atoms with E-state index < -0.39 is 0 Å². The Bertz CT molecular complexity index is 120. The van der Waals surface area contributed by atoms with Crippen molar-refractivity contribution in [3.8, 4) is 0 Å². The van der Waals surface area contributed by atoms with Crippen LogP contribution in [-0.4, -0.2) is 19.4 Å². The molecule has 0 saturated carbocycles. The summed E-state index contributed by atoms with van der Waals surface area (Å²) in [5.41, 5.74) is 0.411. The minimum Gasteiger partial charge on any atom is -0.376 e. The van der Waals surface area contributed by atoms with Gasteiger partial charge in [0.25, 0.3) is 0 Å². The summed E-state index contributed by atoms with van der Waals surface area (Å²) < 4.78 is 0. The summed E-state index contributed by atoms with van der Waals surface area (Å²) in [4.78, 5) is 4.16. The molecule has 1 N–H and O–H groups in total. The van der Waals surface area contributed by atoms with E-state index in [1.165, 1.54) is 6.42 Å². The molecule has 0 amide bonds. The molecule has 2 heteroatoms. The van der Waals surface area contributed by atoms with Gasteiger partial charge in [-0.1, -0.05) is 13.8 Å². The Morgan fingerprint density at radius 3 is 2.89 bits per heavy atom. The third-order valence-electron chi connectivity index (χ3n) is 2.04. The maximum Gasteiger partial charge on any atom is 0.0824 e. The summed E-state index contributed by atoms with van der Waals surface area (Å²) in [6.45, 7) is 6.53. The van der Waals surface area contributed by atoms with E-state index in [1.54, 1.807) is 6.34 Å². The van der Waals surface area contributed by atoms with Crippen LogP contribution in [0.15, 0.2) is 4.99 Å². The van der Waals surface area contributed by atoms with Crippen molar-refractivity contribution in [1.29, 1.82) is 0 Å². The summed E-state index contributed by atoms with van der Waals surface area (Å²) in [5, 5.41) is 3.13. The molecule has 0 fully saturated rings. The second kappa shape index (κ2) is 2.38. The Labute approximate surface area is 56.4 Å². The van der Waals surface area contributed by atoms with E-state index >= 15 is 0 Å². The molecule has 9 heavy (non-hydrogen) atoms. The van der Waals surface area contributed by atoms with Crippen molar-refractivity contribution in [1.82, 2.24) is 5.32 Å². The molecule has 0 radical (unpaired) electrons. The van der Waals surface area contributed by atoms with Gasteiger partial charge >= 0.3 is 0 Å². The van der Waals surface area contributed by atoms with Crippen LogP contribution in [0.5, 0.6) is 0 Å². The van der Waals surface area contributed by atoms with Crippen LogP contribution in [0.3, 0.4) is 0 Å². The van der Waals surface area contributed by atoms with Gasteiger partial charge in [0.1, 0.15) is 0 Å². The minimum absolute atomic E-state index is 0.411. The van der Waals surface area contributed by atoms with Gasteiger partial charge in [-0.25, -0.2) is 0 Å². The first-order valence-electron chi connectivity index (χ1n) is 3.48. The van der Waals surface area contributed by atoms with Gasteiger partial charge in [0, 0.05) is 18.5 Å². The second-order valence-corrected chi connectivity index (χ2v) is 3.01. The van der Waals surface area contributed by atoms with Gasteiger partial charge in [-0.05, 0) is 6.42 Å². The quantitative estimate of drug-likeness (QED) is 0.557. The topological polar surface area (TPSA) is 24.4 Å². The standard InChI is InChI=1S/C7H14N2/c1-3-7(2)4-8-6-9-5-7/h6H,3-5H2,1-2H3,(H,8,9). The van der Waals surface area contributed by atoms with Gasteiger partial charge in [-0.2, -0.15) is 0 Å². The highest BCUT2D eigenvalue weighted by molar-refractivity contribution is 5.55. The largest absolute Gasteiger partial charge is 0.376 e. The zero-order valence-corrected chi connectivity index (χ0v) is 6.15. The van der Waals surface area contributed by atoms with E-state index in [0.29, 0.717) is 5.41 Å². The summed E-state index contributed by atoms with van der Waals surface area (Å²) >= 11 is 0. The monoisotopic (exact) mass is 126 g/mol. The van der Waals surface area contributed by atoms with Crippen molar-refractivity contribution in [3.05, 3.63) is 0 Å². The molecule has 0 aliphatic carbocycles. The Morgan fingerprint density at radius 1 is 1.78 bits per heavy atom. The Balaban J connectivity index is 2.50. The Hall–Kier alpha value is -0.530. The van der Waals surface area contributed by atoms with Crippen LogP contribution in [0.1, 0.15) is 20.3 Å². The van der Waals surface area contributed by atoms with Crippen LogP contribution in [0.4, 0.5) is 0 Å². The van der Waals surface area contributed by atoms with E-state index in [0.717, 1.165) is 13.1 Å². The molecular formula is C7H14N2. The van der Waals surface area contributed by atoms with Crippen LogP contribution in [-0.2, 0) is 0 Å². The van der Waals surface area contributed by atoms with Crippen molar-refractivity contribution in [2.45, 2.75) is 20.3 Å². The van der Waals surface area contributed by atoms with Crippen LogP contribution < -0.4 is 5.32 Å². The highest BCUT2D eigenvalue weighted by atomic mass is 15.0. The molecule has 0 aromatic heterocycles. The predicted molar refractivity (Wildman–Crippen MR) is 39.8 cm³/mol. The Kier molecular flexibility index (Phi) is 1.74. The minimum atomic E-state index is 0.411. The lowest BCUT2D eigenvalue weighted by Gasteiger charge is -2.28. The molecule has 0 bridgehead atoms. The fourth-order valence-corrected chi connectivity index (χ4v) is 0.915. The number of hydrogen-bond donors (Lipinski definition) is 1. The normalized spacial score (nSPS) is 34.0. The maximum atomic E-state index is 4.16. The lowest BCUT2D eigenvalue weighted by atomic mass is 9.87. The number of rotatable bonds is 1. The average molecular weight is 126 g/mol. The average Bonchev–Trinajstić information content (AvgIpc) is 1.90. The summed E-state index contributed by atoms with van der Waals surface area (Å²) in [5.74, 6) is 0. The molecule has 0 saturated heterocycles. The molecule has 1 aliphatic heterocycles. The SMILES string of the molecule is CCC1(C)CN=CNC1. The van der Waals surface area contributed by atoms with E-state index in [1.807, 2.05) is 0 Å².